The topological polar surface area (TPSA) is 116 Å². The van der Waals surface area contributed by atoms with Crippen molar-refractivity contribution in [3.8, 4) is 0 Å². The zero-order valence-corrected chi connectivity index (χ0v) is 14.1. The highest BCUT2D eigenvalue weighted by atomic mass is 32.2. The molecule has 0 spiro atoms. The number of hydrogen-bond acceptors (Lipinski definition) is 5. The second-order valence-corrected chi connectivity index (χ2v) is 8.07. The molecule has 0 saturated heterocycles. The van der Waals surface area contributed by atoms with E-state index in [2.05, 4.69) is 11.6 Å². The zero-order valence-electron chi connectivity index (χ0n) is 12.5. The Labute approximate surface area is 132 Å². The first-order chi connectivity index (χ1) is 10.3. The minimum Gasteiger partial charge on any atom is -0.381 e. The van der Waals surface area contributed by atoms with Gasteiger partial charge in [0.05, 0.1) is 9.79 Å². The fraction of sp³-hybridized carbons (Fsp3) is 0.538. The van der Waals surface area contributed by atoms with Crippen LogP contribution >= 0.6 is 0 Å². The normalized spacial score (nSPS) is 12.5. The summed E-state index contributed by atoms with van der Waals surface area (Å²) in [4.78, 5) is -0.371. The number of rotatable bonds is 10. The predicted molar refractivity (Wildman–Crippen MR) is 83.3 cm³/mol. The number of hydrogen-bond donors (Lipinski definition) is 2. The quantitative estimate of drug-likeness (QED) is 0.606. The lowest BCUT2D eigenvalue weighted by Gasteiger charge is -2.08. The van der Waals surface area contributed by atoms with E-state index < -0.39 is 20.0 Å². The maximum atomic E-state index is 12.1. The van der Waals surface area contributed by atoms with Crippen molar-refractivity contribution < 1.29 is 21.6 Å². The van der Waals surface area contributed by atoms with Gasteiger partial charge in [-0.25, -0.2) is 26.7 Å². The van der Waals surface area contributed by atoms with Crippen molar-refractivity contribution in [1.29, 1.82) is 0 Å². The third-order valence-corrected chi connectivity index (χ3v) is 5.21. The highest BCUT2D eigenvalue weighted by Gasteiger charge is 2.16. The number of nitrogens with two attached hydrogens (primary N) is 1. The van der Waals surface area contributed by atoms with Crippen LogP contribution in [0.1, 0.15) is 26.2 Å². The number of sulfonamides is 2. The van der Waals surface area contributed by atoms with Crippen LogP contribution in [0.15, 0.2) is 34.1 Å². The van der Waals surface area contributed by atoms with Gasteiger partial charge in [0.15, 0.2) is 0 Å². The Morgan fingerprint density at radius 3 is 2.36 bits per heavy atom. The third-order valence-electron chi connectivity index (χ3n) is 2.84. The van der Waals surface area contributed by atoms with Crippen molar-refractivity contribution in [2.75, 3.05) is 19.8 Å². The molecule has 0 aromatic heterocycles. The monoisotopic (exact) mass is 350 g/mol. The lowest BCUT2D eigenvalue weighted by Crippen LogP contribution is -2.26. The first kappa shape index (κ1) is 19.0. The number of unbranched alkanes of at least 4 members (excludes halogenated alkanes) is 1. The Hall–Kier alpha value is -1.00. The standard InChI is InChI=1S/C13H22N2O5S2/c1-2-3-9-20-10-5-8-15-22(18,19)13-7-4-6-12(11-13)21(14,16)17/h4,6-7,11,15H,2-3,5,8-10H2,1H3,(H2,14,16,17). The first-order valence-corrected chi connectivity index (χ1v) is 10.0. The summed E-state index contributed by atoms with van der Waals surface area (Å²) in [5.41, 5.74) is 0. The summed E-state index contributed by atoms with van der Waals surface area (Å²) in [6, 6.07) is 4.93. The summed E-state index contributed by atoms with van der Waals surface area (Å²) in [5.74, 6) is 0. The van der Waals surface area contributed by atoms with Gasteiger partial charge in [-0.2, -0.15) is 0 Å². The molecule has 22 heavy (non-hydrogen) atoms. The van der Waals surface area contributed by atoms with Gasteiger partial charge in [0, 0.05) is 19.8 Å². The molecule has 126 valence electrons. The van der Waals surface area contributed by atoms with E-state index >= 15 is 0 Å². The van der Waals surface area contributed by atoms with Gasteiger partial charge in [-0.15, -0.1) is 0 Å². The molecule has 0 heterocycles. The Morgan fingerprint density at radius 2 is 1.73 bits per heavy atom. The zero-order chi connectivity index (χ0) is 16.6. The Balaban J connectivity index is 2.57. The molecule has 0 amide bonds. The largest absolute Gasteiger partial charge is 0.381 e. The lowest BCUT2D eigenvalue weighted by atomic mass is 10.4. The van der Waals surface area contributed by atoms with Crippen molar-refractivity contribution in [2.45, 2.75) is 36.0 Å². The Morgan fingerprint density at radius 1 is 1.09 bits per heavy atom. The number of nitrogens with one attached hydrogen (secondary N) is 1. The molecule has 1 aromatic carbocycles. The van der Waals surface area contributed by atoms with Crippen LogP contribution in [0.25, 0.3) is 0 Å². The van der Waals surface area contributed by atoms with Gasteiger partial charge < -0.3 is 4.74 Å². The van der Waals surface area contributed by atoms with Crippen molar-refractivity contribution in [3.05, 3.63) is 24.3 Å². The van der Waals surface area contributed by atoms with Crippen LogP contribution < -0.4 is 9.86 Å². The number of primary sulfonamides is 1. The SMILES string of the molecule is CCCCOCCCNS(=O)(=O)c1cccc(S(N)(=O)=O)c1. The van der Waals surface area contributed by atoms with Crippen LogP contribution in [-0.2, 0) is 24.8 Å². The molecular formula is C13H22N2O5S2. The molecule has 9 heteroatoms. The van der Waals surface area contributed by atoms with Crippen LogP contribution in [0.3, 0.4) is 0 Å². The van der Waals surface area contributed by atoms with Gasteiger partial charge in [-0.1, -0.05) is 19.4 Å². The summed E-state index contributed by atoms with van der Waals surface area (Å²) in [6.07, 6.45) is 2.57. The number of ether oxygens (including phenoxy) is 1. The molecule has 0 aliphatic rings. The van der Waals surface area contributed by atoms with E-state index in [0.717, 1.165) is 18.9 Å². The second-order valence-electron chi connectivity index (χ2n) is 4.74. The van der Waals surface area contributed by atoms with Crippen molar-refractivity contribution in [1.82, 2.24) is 4.72 Å². The summed E-state index contributed by atoms with van der Waals surface area (Å²) < 4.78 is 54.3. The molecule has 0 saturated carbocycles. The molecule has 0 aliphatic heterocycles. The second kappa shape index (κ2) is 8.59. The van der Waals surface area contributed by atoms with E-state index in [1.54, 1.807) is 0 Å². The Kier molecular flexibility index (Phi) is 7.43. The van der Waals surface area contributed by atoms with Crippen LogP contribution in [0.2, 0.25) is 0 Å². The molecule has 1 rings (SSSR count). The number of benzene rings is 1. The highest BCUT2D eigenvalue weighted by molar-refractivity contribution is 7.90. The van der Waals surface area contributed by atoms with Gasteiger partial charge in [0.1, 0.15) is 0 Å². The van der Waals surface area contributed by atoms with E-state index in [1.807, 2.05) is 0 Å². The minimum atomic E-state index is -3.94. The predicted octanol–water partition coefficient (Wildman–Crippen LogP) is 0.819. The molecule has 0 fully saturated rings. The van der Waals surface area contributed by atoms with Gasteiger partial charge in [0.25, 0.3) is 0 Å². The van der Waals surface area contributed by atoms with Crippen LogP contribution in [0.5, 0.6) is 0 Å². The molecule has 0 aliphatic carbocycles. The van der Waals surface area contributed by atoms with Crippen molar-refractivity contribution >= 4 is 20.0 Å². The summed E-state index contributed by atoms with van der Waals surface area (Å²) in [5, 5.41) is 4.99. The van der Waals surface area contributed by atoms with Crippen molar-refractivity contribution in [3.63, 3.8) is 0 Å². The van der Waals surface area contributed by atoms with E-state index in [-0.39, 0.29) is 16.3 Å². The lowest BCUT2D eigenvalue weighted by molar-refractivity contribution is 0.130. The summed E-state index contributed by atoms with van der Waals surface area (Å²) in [6.45, 7) is 3.42. The van der Waals surface area contributed by atoms with Gasteiger partial charge in [-0.05, 0) is 31.0 Å². The molecule has 0 atom stereocenters. The maximum absolute atomic E-state index is 12.1. The smallest absolute Gasteiger partial charge is 0.240 e. The molecule has 7 nitrogen and oxygen atoms in total. The first-order valence-electron chi connectivity index (χ1n) is 6.97. The van der Waals surface area contributed by atoms with Gasteiger partial charge in [-0.3, -0.25) is 0 Å². The van der Waals surface area contributed by atoms with Crippen LogP contribution in [0, 0.1) is 0 Å². The minimum absolute atomic E-state index is 0.133. The fourth-order valence-electron chi connectivity index (χ4n) is 1.63. The van der Waals surface area contributed by atoms with Gasteiger partial charge >= 0.3 is 0 Å². The third kappa shape index (κ3) is 6.41. The Bertz CT molecular complexity index is 671. The summed E-state index contributed by atoms with van der Waals surface area (Å²) in [7, 11) is -7.70. The molecule has 1 aromatic rings. The van der Waals surface area contributed by atoms with E-state index in [0.29, 0.717) is 19.6 Å². The van der Waals surface area contributed by atoms with E-state index in [9.17, 15) is 16.8 Å². The molecular weight excluding hydrogens is 328 g/mol. The van der Waals surface area contributed by atoms with Gasteiger partial charge in [0.2, 0.25) is 20.0 Å². The summed E-state index contributed by atoms with van der Waals surface area (Å²) >= 11 is 0. The fourth-order valence-corrected chi connectivity index (χ4v) is 3.38. The average Bonchev–Trinajstić information content (AvgIpc) is 2.45. The van der Waals surface area contributed by atoms with Crippen molar-refractivity contribution in [2.24, 2.45) is 5.14 Å². The van der Waals surface area contributed by atoms with E-state index in [4.69, 9.17) is 9.88 Å². The molecule has 0 unspecified atom stereocenters. The molecule has 0 radical (unpaired) electrons. The molecule has 0 bridgehead atoms. The van der Waals surface area contributed by atoms with E-state index in [1.165, 1.54) is 18.2 Å². The maximum Gasteiger partial charge on any atom is 0.240 e. The van der Waals surface area contributed by atoms with Crippen LogP contribution in [-0.4, -0.2) is 36.6 Å². The van der Waals surface area contributed by atoms with Crippen LogP contribution in [0.4, 0.5) is 0 Å². The molecule has 3 N–H and O–H groups in total. The highest BCUT2D eigenvalue weighted by Crippen LogP contribution is 2.14. The average molecular weight is 350 g/mol.